The minimum absolute atomic E-state index is 0.277. The van der Waals surface area contributed by atoms with Crippen molar-refractivity contribution in [2.75, 3.05) is 19.7 Å². The van der Waals surface area contributed by atoms with Crippen molar-refractivity contribution in [2.24, 2.45) is 0 Å². The second kappa shape index (κ2) is 8.34. The summed E-state index contributed by atoms with van der Waals surface area (Å²) in [6, 6.07) is 8.89. The number of nitrogens with zero attached hydrogens (tertiary/aromatic N) is 4. The Hall–Kier alpha value is -2.37. The molecule has 7 nitrogen and oxygen atoms in total. The Labute approximate surface area is 154 Å². The van der Waals surface area contributed by atoms with E-state index in [1.165, 1.54) is 4.31 Å². The van der Waals surface area contributed by atoms with E-state index in [9.17, 15) is 8.42 Å². The molecule has 0 spiro atoms. The van der Waals surface area contributed by atoms with Crippen LogP contribution in [0.15, 0.2) is 29.2 Å². The minimum Gasteiger partial charge on any atom is -0.492 e. The summed E-state index contributed by atoms with van der Waals surface area (Å²) in [4.78, 5) is 0.277. The molecule has 0 fully saturated rings. The largest absolute Gasteiger partial charge is 0.492 e. The molecule has 1 aromatic heterocycles. The molecule has 0 aliphatic carbocycles. The first-order chi connectivity index (χ1) is 12.3. The van der Waals surface area contributed by atoms with Gasteiger partial charge in [0, 0.05) is 13.1 Å². The number of aryl methyl sites for hydroxylation is 1. The predicted octanol–water partition coefficient (Wildman–Crippen LogP) is 2.48. The summed E-state index contributed by atoms with van der Waals surface area (Å²) in [6.45, 7) is 8.73. The van der Waals surface area contributed by atoms with Crippen molar-refractivity contribution in [2.45, 2.75) is 39.1 Å². The van der Waals surface area contributed by atoms with Gasteiger partial charge in [0.05, 0.1) is 29.6 Å². The Morgan fingerprint density at radius 3 is 2.35 bits per heavy atom. The molecule has 1 aromatic carbocycles. The number of benzene rings is 1. The summed E-state index contributed by atoms with van der Waals surface area (Å²) < 4.78 is 34.4. The van der Waals surface area contributed by atoms with Crippen LogP contribution < -0.4 is 4.74 Å². The summed E-state index contributed by atoms with van der Waals surface area (Å²) in [7, 11) is -3.55. The zero-order valence-electron chi connectivity index (χ0n) is 15.6. The Morgan fingerprint density at radius 2 is 1.81 bits per heavy atom. The highest BCUT2D eigenvalue weighted by atomic mass is 32.2. The van der Waals surface area contributed by atoms with E-state index in [4.69, 9.17) is 10.00 Å². The average Bonchev–Trinajstić information content (AvgIpc) is 2.90. The van der Waals surface area contributed by atoms with E-state index in [1.807, 2.05) is 13.8 Å². The molecule has 1 heterocycles. The Balaban J connectivity index is 2.13. The number of sulfonamides is 1. The number of hydrogen-bond acceptors (Lipinski definition) is 5. The molecule has 0 saturated heterocycles. The lowest BCUT2D eigenvalue weighted by atomic mass is 10.2. The van der Waals surface area contributed by atoms with E-state index in [-0.39, 0.29) is 4.90 Å². The van der Waals surface area contributed by atoms with Crippen LogP contribution in [0.2, 0.25) is 0 Å². The highest BCUT2D eigenvalue weighted by Crippen LogP contribution is 2.23. The number of hydrogen-bond donors (Lipinski definition) is 0. The first-order valence-corrected chi connectivity index (χ1v) is 9.96. The van der Waals surface area contributed by atoms with E-state index < -0.39 is 10.0 Å². The van der Waals surface area contributed by atoms with Gasteiger partial charge in [0.1, 0.15) is 17.3 Å². The van der Waals surface area contributed by atoms with Crippen molar-refractivity contribution in [1.82, 2.24) is 14.1 Å². The van der Waals surface area contributed by atoms with Gasteiger partial charge in [-0.25, -0.2) is 8.42 Å². The van der Waals surface area contributed by atoms with Crippen molar-refractivity contribution in [3.63, 3.8) is 0 Å². The fourth-order valence-corrected chi connectivity index (χ4v) is 4.67. The molecular formula is C18H24N4O3S. The third-order valence-electron chi connectivity index (χ3n) is 4.17. The zero-order valence-corrected chi connectivity index (χ0v) is 16.4. The molecular weight excluding hydrogens is 352 g/mol. The molecule has 26 heavy (non-hydrogen) atoms. The molecule has 0 unspecified atom stereocenters. The van der Waals surface area contributed by atoms with Gasteiger partial charge in [-0.05, 0) is 38.1 Å². The molecule has 0 atom stereocenters. The van der Waals surface area contributed by atoms with Crippen molar-refractivity contribution in [3.8, 4) is 11.8 Å². The van der Waals surface area contributed by atoms with Gasteiger partial charge in [0.15, 0.2) is 0 Å². The van der Waals surface area contributed by atoms with Crippen molar-refractivity contribution < 1.29 is 13.2 Å². The Kier molecular flexibility index (Phi) is 6.40. The summed E-state index contributed by atoms with van der Waals surface area (Å²) in [5, 5.41) is 13.2. The van der Waals surface area contributed by atoms with Crippen molar-refractivity contribution in [3.05, 3.63) is 41.2 Å². The van der Waals surface area contributed by atoms with Gasteiger partial charge in [-0.2, -0.15) is 14.7 Å². The van der Waals surface area contributed by atoms with Gasteiger partial charge >= 0.3 is 0 Å². The van der Waals surface area contributed by atoms with Gasteiger partial charge in [-0.1, -0.05) is 13.8 Å². The summed E-state index contributed by atoms with van der Waals surface area (Å²) >= 11 is 0. The van der Waals surface area contributed by atoms with Crippen LogP contribution in [-0.2, 0) is 16.6 Å². The summed E-state index contributed by atoms with van der Waals surface area (Å²) in [5.41, 5.74) is 1.67. The smallest absolute Gasteiger partial charge is 0.246 e. The molecule has 2 rings (SSSR count). The maximum Gasteiger partial charge on any atom is 0.246 e. The van der Waals surface area contributed by atoms with Crippen LogP contribution in [0.25, 0.3) is 0 Å². The number of nitriles is 1. The van der Waals surface area contributed by atoms with E-state index >= 15 is 0 Å². The van der Waals surface area contributed by atoms with Gasteiger partial charge in [0.25, 0.3) is 0 Å². The van der Waals surface area contributed by atoms with Gasteiger partial charge in [-0.3, -0.25) is 4.68 Å². The first-order valence-electron chi connectivity index (χ1n) is 8.52. The highest BCUT2D eigenvalue weighted by Gasteiger charge is 2.29. The molecule has 0 bridgehead atoms. The van der Waals surface area contributed by atoms with Crippen molar-refractivity contribution >= 4 is 10.0 Å². The van der Waals surface area contributed by atoms with Crippen LogP contribution in [0, 0.1) is 25.2 Å². The second-order valence-corrected chi connectivity index (χ2v) is 7.67. The average molecular weight is 376 g/mol. The predicted molar refractivity (Wildman–Crippen MR) is 98.5 cm³/mol. The maximum atomic E-state index is 12.8. The molecule has 0 saturated carbocycles. The van der Waals surface area contributed by atoms with Crippen LogP contribution in [0.4, 0.5) is 0 Å². The highest BCUT2D eigenvalue weighted by molar-refractivity contribution is 7.89. The third-order valence-corrected chi connectivity index (χ3v) is 6.48. The molecule has 0 amide bonds. The molecule has 0 aliphatic heterocycles. The fraction of sp³-hybridized carbons (Fsp3) is 0.444. The molecule has 8 heteroatoms. The molecule has 140 valence electrons. The number of aromatic nitrogens is 2. The van der Waals surface area contributed by atoms with Crippen LogP contribution in [0.1, 0.15) is 30.8 Å². The van der Waals surface area contributed by atoms with Crippen LogP contribution in [-0.4, -0.2) is 42.2 Å². The van der Waals surface area contributed by atoms with E-state index in [0.29, 0.717) is 48.9 Å². The monoisotopic (exact) mass is 376 g/mol. The Bertz CT molecular complexity index is 892. The maximum absolute atomic E-state index is 12.8. The molecule has 2 aromatic rings. The zero-order chi connectivity index (χ0) is 19.3. The third kappa shape index (κ3) is 4.06. The Morgan fingerprint density at radius 1 is 1.19 bits per heavy atom. The van der Waals surface area contributed by atoms with Gasteiger partial charge < -0.3 is 4.74 Å². The summed E-state index contributed by atoms with van der Waals surface area (Å²) in [6.07, 6.45) is 0. The standard InChI is InChI=1S/C18H24N4O3S/c1-5-21(6-2)26(23,24)18-14(3)20-22(15(18)4)11-12-25-17-9-7-16(13-19)8-10-17/h7-10H,5-6,11-12H2,1-4H3. The molecule has 0 N–H and O–H groups in total. The molecule has 0 aliphatic rings. The minimum atomic E-state index is -3.55. The van der Waals surface area contributed by atoms with Gasteiger partial charge in [0.2, 0.25) is 10.0 Å². The lowest BCUT2D eigenvalue weighted by molar-refractivity contribution is 0.289. The quantitative estimate of drug-likeness (QED) is 0.706. The fourth-order valence-electron chi connectivity index (χ4n) is 2.84. The number of rotatable bonds is 8. The van der Waals surface area contributed by atoms with E-state index in [0.717, 1.165) is 0 Å². The number of ether oxygens (including phenoxy) is 1. The lowest BCUT2D eigenvalue weighted by Gasteiger charge is -2.18. The second-order valence-electron chi connectivity index (χ2n) is 5.80. The van der Waals surface area contributed by atoms with Crippen LogP contribution in [0.5, 0.6) is 5.75 Å². The van der Waals surface area contributed by atoms with E-state index in [1.54, 1.807) is 42.8 Å². The van der Waals surface area contributed by atoms with Gasteiger partial charge in [-0.15, -0.1) is 0 Å². The SMILES string of the molecule is CCN(CC)S(=O)(=O)c1c(C)nn(CCOc2ccc(C#N)cc2)c1C. The normalized spacial score (nSPS) is 11.5. The van der Waals surface area contributed by atoms with E-state index in [2.05, 4.69) is 11.2 Å². The summed E-state index contributed by atoms with van der Waals surface area (Å²) in [5.74, 6) is 0.654. The van der Waals surface area contributed by atoms with Crippen molar-refractivity contribution in [1.29, 1.82) is 5.26 Å². The van der Waals surface area contributed by atoms with Crippen LogP contribution in [0.3, 0.4) is 0 Å². The first kappa shape index (κ1) is 19.9. The lowest BCUT2D eigenvalue weighted by Crippen LogP contribution is -2.31. The topological polar surface area (TPSA) is 88.2 Å². The molecule has 0 radical (unpaired) electrons. The van der Waals surface area contributed by atoms with Crippen LogP contribution >= 0.6 is 0 Å².